The molecule has 1 heterocycles. The molecule has 1 atom stereocenters. The number of benzene rings is 1. The van der Waals surface area contributed by atoms with Crippen LogP contribution < -0.4 is 0 Å². The summed E-state index contributed by atoms with van der Waals surface area (Å²) >= 11 is 0. The number of Topliss-reactive ketones (excluding diaryl/α,β-unsaturated/α-hetero) is 1. The molecule has 142 valence electrons. The molecule has 2 rings (SSSR count). The number of non-ortho nitro benzene ring substituents is 1. The molecule has 12 nitrogen and oxygen atoms in total. The number of rotatable bonds is 5. The van der Waals surface area contributed by atoms with Gasteiger partial charge >= 0.3 is 11.4 Å². The zero-order valence-corrected chi connectivity index (χ0v) is 14.2. The molecule has 0 aromatic heterocycles. The Bertz CT molecular complexity index is 701. The average Bonchev–Trinajstić information content (AvgIpc) is 2.91. The van der Waals surface area contributed by atoms with Gasteiger partial charge in [-0.15, -0.1) is 0 Å². The van der Waals surface area contributed by atoms with Crippen LogP contribution in [0.2, 0.25) is 0 Å². The van der Waals surface area contributed by atoms with Crippen LogP contribution in [0.15, 0.2) is 12.1 Å². The summed E-state index contributed by atoms with van der Waals surface area (Å²) in [5.74, 6) is -0.889. The highest BCUT2D eigenvalue weighted by molar-refractivity contribution is 5.76. The molecule has 1 aromatic carbocycles. The number of carbonyl (C=O) groups is 1. The topological polar surface area (TPSA) is 170 Å². The minimum atomic E-state index is -1.21. The second kappa shape index (κ2) is 8.80. The second-order valence-electron chi connectivity index (χ2n) is 5.79. The highest BCUT2D eigenvalue weighted by Crippen LogP contribution is 2.38. The monoisotopic (exact) mass is 370 g/mol. The van der Waals surface area contributed by atoms with Crippen LogP contribution in [0.3, 0.4) is 0 Å². The van der Waals surface area contributed by atoms with Crippen molar-refractivity contribution >= 4 is 22.8 Å². The normalized spacial score (nSPS) is 16.5. The summed E-state index contributed by atoms with van der Waals surface area (Å²) in [5, 5.41) is 40.2. The first kappa shape index (κ1) is 20.9. The van der Waals surface area contributed by atoms with Crippen molar-refractivity contribution in [2.45, 2.75) is 32.2 Å². The van der Waals surface area contributed by atoms with Gasteiger partial charge in [-0.25, -0.2) is 0 Å². The van der Waals surface area contributed by atoms with E-state index in [0.29, 0.717) is 24.0 Å². The lowest BCUT2D eigenvalue weighted by molar-refractivity contribution is -0.404. The van der Waals surface area contributed by atoms with Crippen molar-refractivity contribution in [3.05, 3.63) is 42.5 Å². The number of aromatic hydroxyl groups is 1. The number of nitro benzene ring substituents is 3. The van der Waals surface area contributed by atoms with Gasteiger partial charge < -0.3 is 10.0 Å². The van der Waals surface area contributed by atoms with Crippen LogP contribution in [0.25, 0.3) is 0 Å². The van der Waals surface area contributed by atoms with Crippen molar-refractivity contribution in [2.24, 2.45) is 0 Å². The van der Waals surface area contributed by atoms with E-state index in [1.165, 1.54) is 12.8 Å². The van der Waals surface area contributed by atoms with Gasteiger partial charge in [0.1, 0.15) is 5.78 Å². The quantitative estimate of drug-likeness (QED) is 0.602. The van der Waals surface area contributed by atoms with Gasteiger partial charge in [-0.05, 0) is 33.4 Å². The Labute approximate surface area is 147 Å². The van der Waals surface area contributed by atoms with E-state index in [9.17, 15) is 35.1 Å². The van der Waals surface area contributed by atoms with Crippen LogP contribution in [0.5, 0.6) is 5.75 Å². The molecule has 12 heteroatoms. The maximum atomic E-state index is 10.7. The SMILES string of the molecule is CC(=O)CC1CCCN1C.O=[N+]([O-])c1cc([N+](=O)[O-])c(O)c([N+](=O)[O-])c1. The molecule has 0 amide bonds. The third-order valence-corrected chi connectivity index (χ3v) is 3.85. The number of nitrogens with zero attached hydrogens (tertiary/aromatic N) is 4. The zero-order valence-electron chi connectivity index (χ0n) is 14.2. The first-order chi connectivity index (χ1) is 12.0. The molecule has 0 spiro atoms. The molecular weight excluding hydrogens is 352 g/mol. The molecule has 1 aromatic rings. The zero-order chi connectivity index (χ0) is 20.0. The van der Waals surface area contributed by atoms with E-state index in [-0.39, 0.29) is 0 Å². The lowest BCUT2D eigenvalue weighted by Crippen LogP contribution is -2.26. The molecule has 1 aliphatic rings. The number of nitro groups is 3. The fourth-order valence-electron chi connectivity index (χ4n) is 2.54. The van der Waals surface area contributed by atoms with Gasteiger partial charge in [0.05, 0.1) is 26.9 Å². The molecule has 0 bridgehead atoms. The van der Waals surface area contributed by atoms with E-state index in [2.05, 4.69) is 11.9 Å². The summed E-state index contributed by atoms with van der Waals surface area (Å²) in [6, 6.07) is 1.43. The van der Waals surface area contributed by atoms with Crippen LogP contribution in [0.4, 0.5) is 17.1 Å². The van der Waals surface area contributed by atoms with E-state index in [1.54, 1.807) is 6.92 Å². The summed E-state index contributed by atoms with van der Waals surface area (Å²) in [5.41, 5.74) is -3.00. The van der Waals surface area contributed by atoms with Crippen molar-refractivity contribution in [3.8, 4) is 5.75 Å². The maximum Gasteiger partial charge on any atom is 0.324 e. The Morgan fingerprint density at radius 1 is 1.15 bits per heavy atom. The Balaban J connectivity index is 0.000000289. The number of ketones is 1. The van der Waals surface area contributed by atoms with Crippen LogP contribution in [0, 0.1) is 30.3 Å². The molecule has 26 heavy (non-hydrogen) atoms. The van der Waals surface area contributed by atoms with Gasteiger partial charge in [0, 0.05) is 12.5 Å². The average molecular weight is 370 g/mol. The smallest absolute Gasteiger partial charge is 0.324 e. The highest BCUT2D eigenvalue weighted by Gasteiger charge is 2.30. The van der Waals surface area contributed by atoms with Gasteiger partial charge in [0.2, 0.25) is 0 Å². The van der Waals surface area contributed by atoms with Gasteiger partial charge in [0.25, 0.3) is 11.4 Å². The minimum Gasteiger partial charge on any atom is -0.497 e. The highest BCUT2D eigenvalue weighted by atomic mass is 16.6. The standard InChI is InChI=1S/C8H15NO.C6H3N3O7/c1-7(10)6-8-4-3-5-9(8)2;10-6-4(8(13)14)1-3(7(11)12)2-5(6)9(15)16/h8H,3-6H2,1-2H3;1-2,10H. The molecule has 0 saturated carbocycles. The molecule has 1 aliphatic heterocycles. The maximum absolute atomic E-state index is 10.7. The lowest BCUT2D eigenvalue weighted by Gasteiger charge is -2.17. The summed E-state index contributed by atoms with van der Waals surface area (Å²) < 4.78 is 0. The van der Waals surface area contributed by atoms with E-state index >= 15 is 0 Å². The van der Waals surface area contributed by atoms with Gasteiger partial charge in [-0.2, -0.15) is 0 Å². The molecule has 1 fully saturated rings. The van der Waals surface area contributed by atoms with Crippen molar-refractivity contribution in [1.82, 2.24) is 4.90 Å². The fraction of sp³-hybridized carbons (Fsp3) is 0.500. The number of hydrogen-bond acceptors (Lipinski definition) is 9. The van der Waals surface area contributed by atoms with Gasteiger partial charge in [-0.3, -0.25) is 35.1 Å². The van der Waals surface area contributed by atoms with E-state index in [0.717, 1.165) is 13.0 Å². The van der Waals surface area contributed by atoms with Crippen LogP contribution in [-0.2, 0) is 4.79 Å². The molecular formula is C14H18N4O8. The fourth-order valence-corrected chi connectivity index (χ4v) is 2.54. The summed E-state index contributed by atoms with van der Waals surface area (Å²) in [4.78, 5) is 40.8. The number of phenols is 1. The Hall–Kier alpha value is -3.15. The van der Waals surface area contributed by atoms with E-state index in [4.69, 9.17) is 5.11 Å². The Morgan fingerprint density at radius 2 is 1.65 bits per heavy atom. The van der Waals surface area contributed by atoms with Crippen LogP contribution in [0.1, 0.15) is 26.2 Å². The summed E-state index contributed by atoms with van der Waals surface area (Å²) in [7, 11) is 2.10. The van der Waals surface area contributed by atoms with Crippen molar-refractivity contribution < 1.29 is 24.7 Å². The molecule has 1 N–H and O–H groups in total. The van der Waals surface area contributed by atoms with Gasteiger partial charge in [0.15, 0.2) is 0 Å². The van der Waals surface area contributed by atoms with Crippen molar-refractivity contribution in [3.63, 3.8) is 0 Å². The molecule has 0 aliphatic carbocycles. The lowest BCUT2D eigenvalue weighted by atomic mass is 10.1. The number of likely N-dealkylation sites (tertiary alicyclic amines) is 1. The Kier molecular flexibility index (Phi) is 7.07. The molecule has 1 unspecified atom stereocenters. The van der Waals surface area contributed by atoms with Crippen LogP contribution >= 0.6 is 0 Å². The Morgan fingerprint density at radius 3 is 1.96 bits per heavy atom. The summed E-state index contributed by atoms with van der Waals surface area (Å²) in [6.45, 7) is 2.84. The number of carbonyl (C=O) groups excluding carboxylic acids is 1. The number of phenolic OH excluding ortho intramolecular Hbond substituents is 1. The summed E-state index contributed by atoms with van der Waals surface area (Å²) in [6.07, 6.45) is 3.21. The number of hydrogen-bond donors (Lipinski definition) is 1. The predicted molar refractivity (Wildman–Crippen MR) is 89.0 cm³/mol. The third kappa shape index (κ3) is 5.44. The minimum absolute atomic E-state index is 0.318. The third-order valence-electron chi connectivity index (χ3n) is 3.85. The van der Waals surface area contributed by atoms with E-state index in [1.807, 2.05) is 0 Å². The van der Waals surface area contributed by atoms with Crippen LogP contribution in [-0.4, -0.2) is 50.2 Å². The first-order valence-electron chi connectivity index (χ1n) is 7.54. The predicted octanol–water partition coefficient (Wildman–Crippen LogP) is 2.18. The molecule has 1 saturated heterocycles. The first-order valence-corrected chi connectivity index (χ1v) is 7.54. The van der Waals surface area contributed by atoms with Crippen molar-refractivity contribution in [1.29, 1.82) is 0 Å². The second-order valence-corrected chi connectivity index (χ2v) is 5.79. The largest absolute Gasteiger partial charge is 0.497 e. The van der Waals surface area contributed by atoms with Crippen molar-refractivity contribution in [2.75, 3.05) is 13.6 Å². The molecule has 0 radical (unpaired) electrons. The van der Waals surface area contributed by atoms with E-state index < -0.39 is 37.6 Å². The van der Waals surface area contributed by atoms with Gasteiger partial charge in [-0.1, -0.05) is 0 Å².